The highest BCUT2D eigenvalue weighted by Crippen LogP contribution is 2.45. The van der Waals surface area contributed by atoms with Crippen LogP contribution in [0.4, 0.5) is 0 Å². The summed E-state index contributed by atoms with van der Waals surface area (Å²) in [6, 6.07) is 0. The van der Waals surface area contributed by atoms with E-state index >= 15 is 0 Å². The Morgan fingerprint density at radius 3 is 2.62 bits per heavy atom. The van der Waals surface area contributed by atoms with Gasteiger partial charge in [-0.05, 0) is 37.5 Å². The number of hydrogen-bond acceptors (Lipinski definition) is 4. The lowest BCUT2D eigenvalue weighted by Crippen LogP contribution is -2.46. The summed E-state index contributed by atoms with van der Waals surface area (Å²) in [7, 11) is 1.78. The first-order chi connectivity index (χ1) is 10.0. The van der Waals surface area contributed by atoms with Crippen LogP contribution < -0.4 is 10.6 Å². The molecule has 0 bridgehead atoms. The summed E-state index contributed by atoms with van der Waals surface area (Å²) < 4.78 is 5.08. The predicted molar refractivity (Wildman–Crippen MR) is 83.0 cm³/mol. The summed E-state index contributed by atoms with van der Waals surface area (Å²) in [4.78, 5) is 8.42. The fourth-order valence-corrected chi connectivity index (χ4v) is 3.06. The van der Waals surface area contributed by atoms with Crippen LogP contribution in [0, 0.1) is 18.3 Å². The van der Waals surface area contributed by atoms with Crippen molar-refractivity contribution in [3.63, 3.8) is 0 Å². The molecular formula is C15H27N5O. The van der Waals surface area contributed by atoms with E-state index in [-0.39, 0.29) is 0 Å². The molecule has 2 rings (SSSR count). The molecule has 1 aromatic heterocycles. The minimum Gasteiger partial charge on any atom is -0.356 e. The molecule has 0 atom stereocenters. The molecule has 1 fully saturated rings. The largest absolute Gasteiger partial charge is 0.356 e. The van der Waals surface area contributed by atoms with Crippen molar-refractivity contribution in [3.05, 3.63) is 11.7 Å². The number of aliphatic imine (C=N–C) groups is 1. The topological polar surface area (TPSA) is 75.3 Å². The van der Waals surface area contributed by atoms with Crippen molar-refractivity contribution in [1.29, 1.82) is 0 Å². The highest BCUT2D eigenvalue weighted by Gasteiger charge is 2.37. The molecule has 0 radical (unpaired) electrons. The number of nitrogens with zero attached hydrogens (tertiary/aromatic N) is 3. The first-order valence-corrected chi connectivity index (χ1v) is 7.77. The fourth-order valence-electron chi connectivity index (χ4n) is 3.06. The van der Waals surface area contributed by atoms with Gasteiger partial charge >= 0.3 is 0 Å². The van der Waals surface area contributed by atoms with Gasteiger partial charge in [0, 0.05) is 13.6 Å². The molecule has 1 heterocycles. The zero-order valence-corrected chi connectivity index (χ0v) is 13.6. The smallest absolute Gasteiger partial charge is 0.246 e. The van der Waals surface area contributed by atoms with Crippen molar-refractivity contribution < 1.29 is 4.52 Å². The quantitative estimate of drug-likeness (QED) is 0.621. The molecule has 1 saturated carbocycles. The lowest BCUT2D eigenvalue weighted by atomic mass is 9.64. The van der Waals surface area contributed by atoms with Crippen molar-refractivity contribution in [2.24, 2.45) is 16.3 Å². The summed E-state index contributed by atoms with van der Waals surface area (Å²) in [5, 5.41) is 10.4. The standard InChI is InChI=1S/C15H27N5O/c1-11(2)8-15(6-5-7-15)10-18-14(16-4)17-9-13-19-12(3)20-21-13/h11H,5-10H2,1-4H3,(H2,16,17,18). The van der Waals surface area contributed by atoms with Crippen LogP contribution in [0.15, 0.2) is 9.52 Å². The van der Waals surface area contributed by atoms with Crippen molar-refractivity contribution in [3.8, 4) is 0 Å². The zero-order chi connectivity index (χ0) is 15.3. The Kier molecular flexibility index (Phi) is 5.20. The maximum absolute atomic E-state index is 5.08. The molecule has 0 aliphatic heterocycles. The predicted octanol–water partition coefficient (Wildman–Crippen LogP) is 2.26. The van der Waals surface area contributed by atoms with E-state index in [2.05, 4.69) is 39.6 Å². The second-order valence-electron chi connectivity index (χ2n) is 6.47. The first kappa shape index (κ1) is 15.8. The number of aromatic nitrogens is 2. The van der Waals surface area contributed by atoms with E-state index in [1.807, 2.05) is 6.92 Å². The second-order valence-corrected chi connectivity index (χ2v) is 6.47. The van der Waals surface area contributed by atoms with Gasteiger partial charge < -0.3 is 15.2 Å². The normalized spacial score (nSPS) is 17.7. The highest BCUT2D eigenvalue weighted by atomic mass is 16.5. The van der Waals surface area contributed by atoms with E-state index < -0.39 is 0 Å². The Morgan fingerprint density at radius 1 is 1.38 bits per heavy atom. The monoisotopic (exact) mass is 293 g/mol. The lowest BCUT2D eigenvalue weighted by molar-refractivity contribution is 0.104. The van der Waals surface area contributed by atoms with Crippen molar-refractivity contribution in [2.75, 3.05) is 13.6 Å². The molecule has 6 nitrogen and oxygen atoms in total. The van der Waals surface area contributed by atoms with Gasteiger partial charge in [-0.2, -0.15) is 4.98 Å². The van der Waals surface area contributed by atoms with Crippen LogP contribution >= 0.6 is 0 Å². The third kappa shape index (κ3) is 4.44. The van der Waals surface area contributed by atoms with Gasteiger partial charge in [0.2, 0.25) is 5.89 Å². The van der Waals surface area contributed by atoms with Crippen LogP contribution in [0.2, 0.25) is 0 Å². The molecule has 21 heavy (non-hydrogen) atoms. The van der Waals surface area contributed by atoms with Crippen LogP contribution in [0.5, 0.6) is 0 Å². The van der Waals surface area contributed by atoms with Crippen molar-refractivity contribution >= 4 is 5.96 Å². The van der Waals surface area contributed by atoms with Crippen LogP contribution in [0.3, 0.4) is 0 Å². The molecule has 0 aromatic carbocycles. The van der Waals surface area contributed by atoms with Crippen LogP contribution in [0.25, 0.3) is 0 Å². The van der Waals surface area contributed by atoms with E-state index in [0.717, 1.165) is 18.4 Å². The zero-order valence-electron chi connectivity index (χ0n) is 13.6. The van der Waals surface area contributed by atoms with Crippen LogP contribution in [-0.2, 0) is 6.54 Å². The van der Waals surface area contributed by atoms with Crippen LogP contribution in [0.1, 0.15) is 51.2 Å². The van der Waals surface area contributed by atoms with Crippen molar-refractivity contribution in [2.45, 2.75) is 53.0 Å². The van der Waals surface area contributed by atoms with Gasteiger partial charge in [0.05, 0.1) is 6.54 Å². The maximum Gasteiger partial charge on any atom is 0.246 e. The third-order valence-corrected chi connectivity index (χ3v) is 4.09. The van der Waals surface area contributed by atoms with Gasteiger partial charge in [-0.3, -0.25) is 4.99 Å². The molecule has 0 saturated heterocycles. The summed E-state index contributed by atoms with van der Waals surface area (Å²) in [5.41, 5.74) is 0.451. The van der Waals surface area contributed by atoms with E-state index in [1.165, 1.54) is 25.7 Å². The minimum atomic E-state index is 0.451. The fraction of sp³-hybridized carbons (Fsp3) is 0.800. The van der Waals surface area contributed by atoms with Crippen molar-refractivity contribution in [1.82, 2.24) is 20.8 Å². The maximum atomic E-state index is 5.08. The molecule has 6 heteroatoms. The summed E-state index contributed by atoms with van der Waals surface area (Å²) in [6.07, 6.45) is 5.26. The van der Waals surface area contributed by atoms with Gasteiger partial charge in [0.25, 0.3) is 0 Å². The first-order valence-electron chi connectivity index (χ1n) is 7.77. The van der Waals surface area contributed by atoms with Gasteiger partial charge in [-0.15, -0.1) is 0 Å². The molecular weight excluding hydrogens is 266 g/mol. The number of aryl methyl sites for hydroxylation is 1. The Balaban J connectivity index is 1.79. The number of rotatable bonds is 6. The van der Waals surface area contributed by atoms with Crippen LogP contribution in [-0.4, -0.2) is 29.7 Å². The number of hydrogen-bond donors (Lipinski definition) is 2. The van der Waals surface area contributed by atoms with Gasteiger partial charge in [0.1, 0.15) is 0 Å². The molecule has 1 aromatic rings. The van der Waals surface area contributed by atoms with E-state index in [0.29, 0.717) is 23.7 Å². The Bertz CT molecular complexity index is 476. The van der Waals surface area contributed by atoms with E-state index in [4.69, 9.17) is 4.52 Å². The SMILES string of the molecule is CN=C(NCc1nc(C)no1)NCC1(CC(C)C)CCC1. The Hall–Kier alpha value is -1.59. The molecule has 0 amide bonds. The highest BCUT2D eigenvalue weighted by molar-refractivity contribution is 5.79. The summed E-state index contributed by atoms with van der Waals surface area (Å²) >= 11 is 0. The molecule has 118 valence electrons. The summed E-state index contributed by atoms with van der Waals surface area (Å²) in [5.74, 6) is 2.76. The van der Waals surface area contributed by atoms with Gasteiger partial charge in [-0.1, -0.05) is 25.4 Å². The molecule has 2 N–H and O–H groups in total. The Morgan fingerprint density at radius 2 is 2.14 bits per heavy atom. The lowest BCUT2D eigenvalue weighted by Gasteiger charge is -2.43. The van der Waals surface area contributed by atoms with Gasteiger partial charge in [-0.25, -0.2) is 0 Å². The second kappa shape index (κ2) is 6.91. The van der Waals surface area contributed by atoms with E-state index in [9.17, 15) is 0 Å². The average molecular weight is 293 g/mol. The Labute approximate surface area is 126 Å². The minimum absolute atomic E-state index is 0.451. The number of nitrogens with one attached hydrogen (secondary N) is 2. The molecule has 0 unspecified atom stereocenters. The summed E-state index contributed by atoms with van der Waals surface area (Å²) in [6.45, 7) is 7.88. The molecule has 1 aliphatic carbocycles. The van der Waals surface area contributed by atoms with E-state index in [1.54, 1.807) is 7.05 Å². The molecule has 0 spiro atoms. The average Bonchev–Trinajstić information content (AvgIpc) is 2.81. The number of guanidine groups is 1. The third-order valence-electron chi connectivity index (χ3n) is 4.09. The molecule has 1 aliphatic rings. The van der Waals surface area contributed by atoms with Gasteiger partial charge in [0.15, 0.2) is 11.8 Å².